The number of nitrogens with zero attached hydrogens (tertiary/aromatic N) is 2. The number of hydrazine groups is 1. The van der Waals surface area contributed by atoms with Crippen molar-refractivity contribution >= 4 is 5.91 Å². The predicted octanol–water partition coefficient (Wildman–Crippen LogP) is -0.375. The second kappa shape index (κ2) is 5.94. The molecule has 2 heterocycles. The van der Waals surface area contributed by atoms with E-state index >= 15 is 0 Å². The van der Waals surface area contributed by atoms with Crippen molar-refractivity contribution in [2.45, 2.75) is 31.8 Å². The number of likely N-dealkylation sites (tertiary alicyclic amines) is 1. The fraction of sp³-hybridized carbons (Fsp3) is 0.636. The fourth-order valence-electron chi connectivity index (χ4n) is 2.24. The lowest BCUT2D eigenvalue weighted by Gasteiger charge is -2.33. The van der Waals surface area contributed by atoms with Crippen LogP contribution in [0.4, 0.5) is 0 Å². The summed E-state index contributed by atoms with van der Waals surface area (Å²) in [6.07, 6.45) is 3.24. The first-order chi connectivity index (χ1) is 8.74. The highest BCUT2D eigenvalue weighted by Crippen LogP contribution is 2.19. The Hall–Kier alpha value is -1.44. The summed E-state index contributed by atoms with van der Waals surface area (Å²) in [4.78, 5) is 13.4. The molecule has 0 bridgehead atoms. The minimum Gasteiger partial charge on any atom is -0.395 e. The van der Waals surface area contributed by atoms with Gasteiger partial charge in [0.1, 0.15) is 0 Å². The minimum absolute atomic E-state index is 0.143. The van der Waals surface area contributed by atoms with Crippen LogP contribution in [0.5, 0.6) is 0 Å². The fourth-order valence-corrected chi connectivity index (χ4v) is 2.24. The third kappa shape index (κ3) is 2.87. The van der Waals surface area contributed by atoms with Gasteiger partial charge in [0.15, 0.2) is 11.5 Å². The minimum atomic E-state index is -0.470. The Morgan fingerprint density at radius 3 is 3.22 bits per heavy atom. The predicted molar refractivity (Wildman–Crippen MR) is 63.3 cm³/mol. The number of carbonyl (C=O) groups excluding carboxylic acids is 1. The molecule has 7 heteroatoms. The second-order valence-corrected chi connectivity index (χ2v) is 4.45. The van der Waals surface area contributed by atoms with Gasteiger partial charge in [-0.1, -0.05) is 11.6 Å². The van der Waals surface area contributed by atoms with E-state index in [1.54, 1.807) is 6.07 Å². The van der Waals surface area contributed by atoms with Crippen LogP contribution in [0.1, 0.15) is 35.5 Å². The van der Waals surface area contributed by atoms with E-state index in [1.807, 2.05) is 5.43 Å². The maximum atomic E-state index is 11.2. The molecule has 1 aliphatic rings. The van der Waals surface area contributed by atoms with Crippen molar-refractivity contribution in [3.8, 4) is 0 Å². The van der Waals surface area contributed by atoms with Gasteiger partial charge in [0.25, 0.3) is 5.91 Å². The molecule has 4 N–H and O–H groups in total. The molecule has 1 atom stereocenters. The van der Waals surface area contributed by atoms with E-state index in [9.17, 15) is 9.90 Å². The second-order valence-electron chi connectivity index (χ2n) is 4.45. The molecular formula is C11H18N4O3. The topological polar surface area (TPSA) is 105 Å². The molecule has 2 rings (SSSR count). The Morgan fingerprint density at radius 2 is 2.50 bits per heavy atom. The van der Waals surface area contributed by atoms with Crippen molar-refractivity contribution in [2.24, 2.45) is 5.84 Å². The van der Waals surface area contributed by atoms with Gasteiger partial charge in [-0.15, -0.1) is 0 Å². The summed E-state index contributed by atoms with van der Waals surface area (Å²) in [5.41, 5.74) is 2.17. The Labute approximate surface area is 105 Å². The smallest absolute Gasteiger partial charge is 0.287 e. The van der Waals surface area contributed by atoms with Gasteiger partial charge in [-0.3, -0.25) is 15.1 Å². The number of nitrogen functional groups attached to an aromatic ring is 1. The van der Waals surface area contributed by atoms with Crippen molar-refractivity contribution < 1.29 is 14.4 Å². The van der Waals surface area contributed by atoms with Crippen molar-refractivity contribution in [2.75, 3.05) is 13.2 Å². The third-order valence-electron chi connectivity index (χ3n) is 3.24. The summed E-state index contributed by atoms with van der Waals surface area (Å²) in [7, 11) is 0. The molecule has 1 aromatic heterocycles. The highest BCUT2D eigenvalue weighted by molar-refractivity contribution is 5.91. The summed E-state index contributed by atoms with van der Waals surface area (Å²) in [6, 6.07) is 1.74. The van der Waals surface area contributed by atoms with Crippen LogP contribution in [-0.2, 0) is 6.54 Å². The molecule has 7 nitrogen and oxygen atoms in total. The number of hydrogen-bond acceptors (Lipinski definition) is 6. The highest BCUT2D eigenvalue weighted by atomic mass is 16.5. The Bertz CT molecular complexity index is 407. The largest absolute Gasteiger partial charge is 0.395 e. The van der Waals surface area contributed by atoms with Crippen LogP contribution in [0.2, 0.25) is 0 Å². The van der Waals surface area contributed by atoms with Crippen LogP contribution in [0.3, 0.4) is 0 Å². The monoisotopic (exact) mass is 254 g/mol. The number of nitrogens with two attached hydrogens (primary N) is 1. The van der Waals surface area contributed by atoms with Crippen LogP contribution in [0.15, 0.2) is 10.6 Å². The summed E-state index contributed by atoms with van der Waals surface area (Å²) in [5.74, 6) is 5.15. The number of aliphatic hydroxyl groups excluding tert-OH is 1. The van der Waals surface area contributed by atoms with Crippen LogP contribution < -0.4 is 11.3 Å². The molecular weight excluding hydrogens is 236 g/mol. The van der Waals surface area contributed by atoms with Crippen molar-refractivity contribution in [1.82, 2.24) is 15.5 Å². The van der Waals surface area contributed by atoms with Gasteiger partial charge in [0.2, 0.25) is 0 Å². The van der Waals surface area contributed by atoms with E-state index in [1.165, 1.54) is 0 Å². The van der Waals surface area contributed by atoms with Gasteiger partial charge < -0.3 is 9.63 Å². The molecule has 0 saturated carbocycles. The van der Waals surface area contributed by atoms with E-state index in [0.717, 1.165) is 25.8 Å². The van der Waals surface area contributed by atoms with E-state index in [0.29, 0.717) is 12.3 Å². The van der Waals surface area contributed by atoms with Crippen molar-refractivity contribution in [3.05, 3.63) is 17.5 Å². The van der Waals surface area contributed by atoms with E-state index in [-0.39, 0.29) is 18.3 Å². The van der Waals surface area contributed by atoms with Gasteiger partial charge in [-0.2, -0.15) is 0 Å². The van der Waals surface area contributed by atoms with Gasteiger partial charge >= 0.3 is 0 Å². The first-order valence-corrected chi connectivity index (χ1v) is 6.06. The molecule has 1 aliphatic heterocycles. The lowest BCUT2D eigenvalue weighted by atomic mass is 10.0. The molecule has 0 aromatic carbocycles. The van der Waals surface area contributed by atoms with Crippen LogP contribution in [0, 0.1) is 0 Å². The molecule has 1 aromatic rings. The van der Waals surface area contributed by atoms with Gasteiger partial charge in [-0.05, 0) is 19.4 Å². The van der Waals surface area contributed by atoms with Gasteiger partial charge in [0, 0.05) is 12.1 Å². The lowest BCUT2D eigenvalue weighted by molar-refractivity contribution is 0.0763. The molecule has 0 aliphatic carbocycles. The van der Waals surface area contributed by atoms with E-state index in [2.05, 4.69) is 10.1 Å². The third-order valence-corrected chi connectivity index (χ3v) is 3.24. The number of amides is 1. The Kier molecular flexibility index (Phi) is 4.29. The lowest BCUT2D eigenvalue weighted by Crippen LogP contribution is -2.41. The highest BCUT2D eigenvalue weighted by Gasteiger charge is 2.23. The van der Waals surface area contributed by atoms with Gasteiger partial charge in [-0.25, -0.2) is 5.84 Å². The zero-order valence-corrected chi connectivity index (χ0v) is 10.1. The zero-order chi connectivity index (χ0) is 13.0. The van der Waals surface area contributed by atoms with E-state index < -0.39 is 5.91 Å². The maximum Gasteiger partial charge on any atom is 0.287 e. The number of aliphatic hydroxyl groups is 1. The number of aromatic nitrogens is 1. The van der Waals surface area contributed by atoms with Crippen LogP contribution in [-0.4, -0.2) is 40.3 Å². The average molecular weight is 254 g/mol. The van der Waals surface area contributed by atoms with Crippen molar-refractivity contribution in [3.63, 3.8) is 0 Å². The summed E-state index contributed by atoms with van der Waals surface area (Å²) in [5, 5.41) is 12.9. The Morgan fingerprint density at radius 1 is 1.67 bits per heavy atom. The molecule has 1 unspecified atom stereocenters. The molecule has 1 amide bonds. The van der Waals surface area contributed by atoms with Crippen LogP contribution in [0.25, 0.3) is 0 Å². The number of rotatable bonds is 4. The zero-order valence-electron chi connectivity index (χ0n) is 10.1. The summed E-state index contributed by atoms with van der Waals surface area (Å²) < 4.78 is 5.09. The quantitative estimate of drug-likeness (QED) is 0.384. The molecule has 100 valence electrons. The normalized spacial score (nSPS) is 20.9. The van der Waals surface area contributed by atoms with Gasteiger partial charge in [0.05, 0.1) is 13.2 Å². The first-order valence-electron chi connectivity index (χ1n) is 6.06. The number of carbonyl (C=O) groups is 1. The Balaban J connectivity index is 1.99. The average Bonchev–Trinajstić information content (AvgIpc) is 2.87. The number of piperidine rings is 1. The molecule has 0 spiro atoms. The summed E-state index contributed by atoms with van der Waals surface area (Å²) >= 11 is 0. The summed E-state index contributed by atoms with van der Waals surface area (Å²) in [6.45, 7) is 1.62. The van der Waals surface area contributed by atoms with Crippen LogP contribution >= 0.6 is 0 Å². The van der Waals surface area contributed by atoms with E-state index in [4.69, 9.17) is 10.4 Å². The first kappa shape index (κ1) is 13.0. The standard InChI is InChI=1S/C11H18N4O3/c12-13-11(17)10-5-9(18-14-10)6-15-4-2-1-3-8(15)7-16/h5,8,16H,1-4,6-7,12H2,(H,13,17). The van der Waals surface area contributed by atoms with Crippen molar-refractivity contribution in [1.29, 1.82) is 0 Å². The molecule has 1 fully saturated rings. The number of hydrogen-bond donors (Lipinski definition) is 3. The SMILES string of the molecule is NNC(=O)c1cc(CN2CCCCC2CO)on1. The molecule has 0 radical (unpaired) electrons. The number of nitrogens with one attached hydrogen (secondary N) is 1. The molecule has 1 saturated heterocycles. The maximum absolute atomic E-state index is 11.2. The molecule has 18 heavy (non-hydrogen) atoms.